The van der Waals surface area contributed by atoms with E-state index in [4.69, 9.17) is 9.47 Å². The van der Waals surface area contributed by atoms with Crippen LogP contribution in [0.3, 0.4) is 0 Å². The predicted molar refractivity (Wildman–Crippen MR) is 112 cm³/mol. The average molecular weight is 417 g/mol. The van der Waals surface area contributed by atoms with Crippen molar-refractivity contribution in [2.75, 3.05) is 13.7 Å². The summed E-state index contributed by atoms with van der Waals surface area (Å²) >= 11 is 1.55. The number of thiazole rings is 1. The Morgan fingerprint density at radius 1 is 1.21 bits per heavy atom. The minimum atomic E-state index is -0.561. The number of aromatic nitrogens is 1. The highest BCUT2D eigenvalue weighted by atomic mass is 32.1. The van der Waals surface area contributed by atoms with E-state index in [1.165, 1.54) is 0 Å². The minimum absolute atomic E-state index is 0.172. The van der Waals surface area contributed by atoms with Gasteiger partial charge in [0.15, 0.2) is 6.61 Å². The first kappa shape index (κ1) is 21.3. The second-order valence-corrected chi connectivity index (χ2v) is 8.70. The number of hydrogen-bond donors (Lipinski definition) is 0. The number of carbonyl (C=O) groups excluding carboxylic acids is 2. The molecule has 1 heterocycles. The zero-order valence-electron chi connectivity index (χ0n) is 17.2. The molecule has 1 fully saturated rings. The number of likely N-dealkylation sites (N-methyl/N-ethyl adjacent to an activating group) is 1. The molecule has 6 nitrogen and oxygen atoms in total. The maximum Gasteiger partial charge on any atom is 0.342 e. The number of ether oxygens (including phenoxy) is 2. The van der Waals surface area contributed by atoms with E-state index < -0.39 is 5.97 Å². The Balaban J connectivity index is 1.54. The summed E-state index contributed by atoms with van der Waals surface area (Å²) in [6.45, 7) is 4.19. The number of rotatable bonds is 7. The van der Waals surface area contributed by atoms with Crippen LogP contribution >= 0.6 is 11.3 Å². The van der Waals surface area contributed by atoms with Crippen molar-refractivity contribution in [3.05, 3.63) is 45.9 Å². The van der Waals surface area contributed by atoms with Gasteiger partial charge in [-0.05, 0) is 50.7 Å². The fourth-order valence-corrected chi connectivity index (χ4v) is 4.12. The summed E-state index contributed by atoms with van der Waals surface area (Å²) in [5.74, 6) is 0.408. The molecule has 0 aliphatic heterocycles. The van der Waals surface area contributed by atoms with Crippen LogP contribution in [0, 0.1) is 12.8 Å². The Morgan fingerprint density at radius 2 is 1.93 bits per heavy atom. The summed E-state index contributed by atoms with van der Waals surface area (Å²) in [4.78, 5) is 31.1. The number of para-hydroxylation sites is 1. The predicted octanol–water partition coefficient (Wildman–Crippen LogP) is 4.22. The summed E-state index contributed by atoms with van der Waals surface area (Å²) < 4.78 is 11.1. The highest BCUT2D eigenvalue weighted by Gasteiger charge is 2.25. The number of hydrogen-bond acceptors (Lipinski definition) is 6. The molecule has 2 aromatic rings. The molecule has 1 saturated carbocycles. The molecule has 0 radical (unpaired) electrons. The molecule has 29 heavy (non-hydrogen) atoms. The van der Waals surface area contributed by atoms with Crippen LogP contribution < -0.4 is 4.74 Å². The fraction of sp³-hybridized carbons (Fsp3) is 0.500. The largest absolute Gasteiger partial charge is 0.486 e. The molecule has 0 bridgehead atoms. The van der Waals surface area contributed by atoms with E-state index in [9.17, 15) is 9.59 Å². The monoisotopic (exact) mass is 416 g/mol. The third kappa shape index (κ3) is 5.79. The lowest BCUT2D eigenvalue weighted by atomic mass is 9.87. The molecule has 0 saturated heterocycles. The Morgan fingerprint density at radius 3 is 2.62 bits per heavy atom. The van der Waals surface area contributed by atoms with Crippen LogP contribution in [-0.2, 0) is 16.1 Å². The molecule has 7 heteroatoms. The molecule has 1 aromatic heterocycles. The second-order valence-electron chi connectivity index (χ2n) is 7.64. The molecule has 0 atom stereocenters. The van der Waals surface area contributed by atoms with Crippen LogP contribution in [0.2, 0.25) is 0 Å². The van der Waals surface area contributed by atoms with Crippen LogP contribution in [0.15, 0.2) is 29.6 Å². The Bertz CT molecular complexity index is 843. The molecule has 0 spiro atoms. The van der Waals surface area contributed by atoms with Crippen LogP contribution in [0.4, 0.5) is 0 Å². The molecule has 0 N–H and O–H groups in total. The van der Waals surface area contributed by atoms with Crippen LogP contribution in [0.1, 0.15) is 53.7 Å². The van der Waals surface area contributed by atoms with Gasteiger partial charge in [-0.15, -0.1) is 11.3 Å². The average Bonchev–Trinajstić information content (AvgIpc) is 3.15. The smallest absolute Gasteiger partial charge is 0.342 e. The maximum atomic E-state index is 12.5. The summed E-state index contributed by atoms with van der Waals surface area (Å²) in [5.41, 5.74) is 1.12. The molecule has 1 amide bonds. The van der Waals surface area contributed by atoms with Gasteiger partial charge in [-0.25, -0.2) is 9.78 Å². The third-order valence-electron chi connectivity index (χ3n) is 5.40. The van der Waals surface area contributed by atoms with Crippen molar-refractivity contribution in [2.45, 2.75) is 52.2 Å². The quantitative estimate of drug-likeness (QED) is 0.632. The van der Waals surface area contributed by atoms with E-state index in [1.807, 2.05) is 12.3 Å². The standard InChI is InChI=1S/C22H28N2O4S/c1-15-8-10-18(11-9-15)24(3)21(25)13-28-22(26)19-6-4-5-7-20(19)27-12-17-14-29-16(2)23-17/h4-7,14-15,18H,8-13H2,1-3H3. The van der Waals surface area contributed by atoms with Gasteiger partial charge in [0.25, 0.3) is 5.91 Å². The van der Waals surface area contributed by atoms with Gasteiger partial charge in [0.2, 0.25) is 0 Å². The van der Waals surface area contributed by atoms with Crippen LogP contribution in [0.25, 0.3) is 0 Å². The summed E-state index contributed by atoms with van der Waals surface area (Å²) in [6.07, 6.45) is 4.27. The van der Waals surface area contributed by atoms with Gasteiger partial charge < -0.3 is 14.4 Å². The lowest BCUT2D eigenvalue weighted by Gasteiger charge is -2.33. The maximum absolute atomic E-state index is 12.5. The first-order valence-corrected chi connectivity index (χ1v) is 10.9. The molecule has 1 aliphatic carbocycles. The Labute approximate surface area is 175 Å². The number of benzene rings is 1. The summed E-state index contributed by atoms with van der Waals surface area (Å²) in [7, 11) is 1.80. The van der Waals surface area contributed by atoms with E-state index in [1.54, 1.807) is 47.5 Å². The number of carbonyl (C=O) groups is 2. The van der Waals surface area contributed by atoms with Crippen molar-refractivity contribution in [1.29, 1.82) is 0 Å². The second kappa shape index (κ2) is 9.87. The van der Waals surface area contributed by atoms with E-state index in [2.05, 4.69) is 11.9 Å². The zero-order valence-corrected chi connectivity index (χ0v) is 18.0. The van der Waals surface area contributed by atoms with Gasteiger partial charge >= 0.3 is 5.97 Å². The van der Waals surface area contributed by atoms with Gasteiger partial charge in [0, 0.05) is 18.5 Å². The summed E-state index contributed by atoms with van der Waals surface area (Å²) in [6, 6.07) is 7.12. The minimum Gasteiger partial charge on any atom is -0.486 e. The lowest BCUT2D eigenvalue weighted by molar-refractivity contribution is -0.136. The molecular weight excluding hydrogens is 388 g/mol. The first-order chi connectivity index (χ1) is 13.9. The number of amides is 1. The Kier molecular flexibility index (Phi) is 7.25. The van der Waals surface area contributed by atoms with Gasteiger partial charge in [0.1, 0.15) is 17.9 Å². The van der Waals surface area contributed by atoms with Crippen molar-refractivity contribution in [3.63, 3.8) is 0 Å². The van der Waals surface area contributed by atoms with Crippen LogP contribution in [-0.4, -0.2) is 41.5 Å². The molecular formula is C22H28N2O4S. The normalized spacial score (nSPS) is 18.9. The van der Waals surface area contributed by atoms with Crippen molar-refractivity contribution in [1.82, 2.24) is 9.88 Å². The Hall–Kier alpha value is -2.41. The van der Waals surface area contributed by atoms with Crippen molar-refractivity contribution in [2.24, 2.45) is 5.92 Å². The van der Waals surface area contributed by atoms with Gasteiger partial charge in [-0.1, -0.05) is 19.1 Å². The highest BCUT2D eigenvalue weighted by molar-refractivity contribution is 7.09. The molecule has 156 valence electrons. The lowest BCUT2D eigenvalue weighted by Crippen LogP contribution is -2.41. The van der Waals surface area contributed by atoms with Crippen molar-refractivity contribution in [3.8, 4) is 5.75 Å². The number of nitrogens with zero attached hydrogens (tertiary/aromatic N) is 2. The molecule has 3 rings (SSSR count). The van der Waals surface area contributed by atoms with Gasteiger partial charge in [0.05, 0.1) is 10.7 Å². The van der Waals surface area contributed by atoms with Crippen molar-refractivity contribution < 1.29 is 19.1 Å². The van der Waals surface area contributed by atoms with E-state index >= 15 is 0 Å². The molecule has 1 aliphatic rings. The van der Waals surface area contributed by atoms with Crippen LogP contribution in [0.5, 0.6) is 5.75 Å². The SMILES string of the molecule is Cc1nc(COc2ccccc2C(=O)OCC(=O)N(C)C2CCC(C)CC2)cs1. The van der Waals surface area contributed by atoms with Gasteiger partial charge in [-0.2, -0.15) is 0 Å². The first-order valence-electron chi connectivity index (χ1n) is 9.99. The molecule has 1 aromatic carbocycles. The topological polar surface area (TPSA) is 68.7 Å². The number of esters is 1. The highest BCUT2D eigenvalue weighted by Crippen LogP contribution is 2.26. The third-order valence-corrected chi connectivity index (χ3v) is 6.22. The summed E-state index contributed by atoms with van der Waals surface area (Å²) in [5, 5.41) is 2.89. The van der Waals surface area contributed by atoms with E-state index in [-0.39, 0.29) is 25.2 Å². The van der Waals surface area contributed by atoms with Gasteiger partial charge in [-0.3, -0.25) is 4.79 Å². The molecule has 0 unspecified atom stereocenters. The van der Waals surface area contributed by atoms with Crippen molar-refractivity contribution >= 4 is 23.2 Å². The van der Waals surface area contributed by atoms with E-state index in [0.717, 1.165) is 42.3 Å². The zero-order chi connectivity index (χ0) is 20.8. The number of aryl methyl sites for hydroxylation is 1. The fourth-order valence-electron chi connectivity index (χ4n) is 3.53. The van der Waals surface area contributed by atoms with E-state index in [0.29, 0.717) is 11.3 Å².